The molecule has 0 amide bonds. The molecule has 3 heterocycles. The molecule has 0 aliphatic carbocycles. The van der Waals surface area contributed by atoms with E-state index >= 15 is 0 Å². The summed E-state index contributed by atoms with van der Waals surface area (Å²) in [5.74, 6) is 1.66. The zero-order valence-corrected chi connectivity index (χ0v) is 11.3. The first-order chi connectivity index (χ1) is 9.29. The Morgan fingerprint density at radius 1 is 1.53 bits per heavy atom. The minimum atomic E-state index is 0.491. The van der Waals surface area contributed by atoms with E-state index in [0.29, 0.717) is 6.61 Å². The van der Waals surface area contributed by atoms with E-state index in [1.807, 2.05) is 11.4 Å². The van der Waals surface area contributed by atoms with Crippen molar-refractivity contribution in [2.45, 2.75) is 6.92 Å². The molecular weight excluding hydrogens is 258 g/mol. The molecule has 3 aromatic heterocycles. The lowest BCUT2D eigenvalue weighted by Gasteiger charge is -2.03. The third-order valence-corrected chi connectivity index (χ3v) is 3.71. The number of aromatic nitrogens is 3. The van der Waals surface area contributed by atoms with Gasteiger partial charge in [-0.25, -0.2) is 4.98 Å². The second kappa shape index (κ2) is 4.85. The van der Waals surface area contributed by atoms with Gasteiger partial charge in [0, 0.05) is 16.5 Å². The number of hydrogen-bond acceptors (Lipinski definition) is 4. The quantitative estimate of drug-likeness (QED) is 0.738. The van der Waals surface area contributed by atoms with Crippen LogP contribution in [-0.4, -0.2) is 21.6 Å². The molecule has 1 N–H and O–H groups in total. The van der Waals surface area contributed by atoms with Crippen molar-refractivity contribution in [2.75, 3.05) is 6.61 Å². The van der Waals surface area contributed by atoms with Crippen molar-refractivity contribution < 1.29 is 4.74 Å². The monoisotopic (exact) mass is 271 g/mol. The zero-order chi connectivity index (χ0) is 13.2. The van der Waals surface area contributed by atoms with E-state index in [1.165, 1.54) is 4.88 Å². The highest BCUT2D eigenvalue weighted by molar-refractivity contribution is 7.10. The molecule has 96 valence electrons. The second-order valence-electron chi connectivity index (χ2n) is 4.11. The summed E-state index contributed by atoms with van der Waals surface area (Å²) in [6.45, 7) is 6.22. The Hall–Kier alpha value is -2.14. The number of aryl methyl sites for hydroxylation is 1. The molecule has 3 aromatic rings. The van der Waals surface area contributed by atoms with Gasteiger partial charge in [0.1, 0.15) is 23.7 Å². The highest BCUT2D eigenvalue weighted by Gasteiger charge is 2.15. The number of aromatic amines is 1. The van der Waals surface area contributed by atoms with Gasteiger partial charge in [-0.15, -0.1) is 11.3 Å². The maximum Gasteiger partial charge on any atom is 0.143 e. The predicted molar refractivity (Wildman–Crippen MR) is 77.6 cm³/mol. The van der Waals surface area contributed by atoms with Crippen LogP contribution in [0, 0.1) is 6.92 Å². The first kappa shape index (κ1) is 11.9. The second-order valence-corrected chi connectivity index (χ2v) is 5.19. The summed E-state index contributed by atoms with van der Waals surface area (Å²) < 4.78 is 5.67. The fraction of sp³-hybridized carbons (Fsp3) is 0.143. The highest BCUT2D eigenvalue weighted by Crippen LogP contribution is 2.37. The minimum absolute atomic E-state index is 0.491. The third-order valence-electron chi connectivity index (χ3n) is 2.82. The maximum atomic E-state index is 5.67. The number of thiophene rings is 1. The van der Waals surface area contributed by atoms with Crippen molar-refractivity contribution in [1.29, 1.82) is 0 Å². The molecule has 0 aliphatic rings. The molecule has 0 fully saturated rings. The van der Waals surface area contributed by atoms with Crippen LogP contribution in [0.5, 0.6) is 5.75 Å². The van der Waals surface area contributed by atoms with E-state index in [4.69, 9.17) is 4.74 Å². The van der Waals surface area contributed by atoms with Crippen LogP contribution in [-0.2, 0) is 0 Å². The normalized spacial score (nSPS) is 10.8. The van der Waals surface area contributed by atoms with Crippen molar-refractivity contribution in [3.8, 4) is 17.1 Å². The van der Waals surface area contributed by atoms with E-state index in [9.17, 15) is 0 Å². The van der Waals surface area contributed by atoms with E-state index in [0.717, 1.165) is 28.2 Å². The number of nitrogens with zero attached hydrogens (tertiary/aromatic N) is 2. The molecule has 0 unspecified atom stereocenters. The van der Waals surface area contributed by atoms with Crippen molar-refractivity contribution in [2.24, 2.45) is 0 Å². The molecule has 4 nitrogen and oxygen atoms in total. The number of rotatable bonds is 4. The highest BCUT2D eigenvalue weighted by atomic mass is 32.1. The van der Waals surface area contributed by atoms with E-state index in [-0.39, 0.29) is 0 Å². The van der Waals surface area contributed by atoms with Crippen molar-refractivity contribution >= 4 is 22.4 Å². The average molecular weight is 271 g/mol. The molecular formula is C14H13N3OS. The number of ether oxygens (including phenoxy) is 1. The molecule has 0 aliphatic heterocycles. The van der Waals surface area contributed by atoms with Gasteiger partial charge < -0.3 is 9.72 Å². The largest absolute Gasteiger partial charge is 0.488 e. The summed E-state index contributed by atoms with van der Waals surface area (Å²) in [5.41, 5.74) is 2.85. The first-order valence-electron chi connectivity index (χ1n) is 5.91. The summed E-state index contributed by atoms with van der Waals surface area (Å²) in [7, 11) is 0. The molecule has 0 atom stereocenters. The van der Waals surface area contributed by atoms with E-state index in [2.05, 4.69) is 28.5 Å². The fourth-order valence-electron chi connectivity index (χ4n) is 1.95. The van der Waals surface area contributed by atoms with Crippen LogP contribution in [0.1, 0.15) is 4.88 Å². The third kappa shape index (κ3) is 2.13. The minimum Gasteiger partial charge on any atom is -0.488 e. The summed E-state index contributed by atoms with van der Waals surface area (Å²) in [6.07, 6.45) is 5.24. The van der Waals surface area contributed by atoms with E-state index in [1.54, 1.807) is 29.8 Å². The molecule has 3 rings (SSSR count). The van der Waals surface area contributed by atoms with Crippen LogP contribution >= 0.6 is 11.3 Å². The SMILES string of the molecule is C=CCOc1csc(C)c1-c1nc2cnccc2[nH]1. The van der Waals surface area contributed by atoms with Gasteiger partial charge in [0.2, 0.25) is 0 Å². The maximum absolute atomic E-state index is 5.67. The Balaban J connectivity index is 2.09. The van der Waals surface area contributed by atoms with Gasteiger partial charge in [-0.2, -0.15) is 0 Å². The standard InChI is InChI=1S/C14H13N3OS/c1-3-6-18-12-8-19-9(2)13(12)14-16-10-4-5-15-7-11(10)17-14/h3-5,7-8H,1,6H2,2H3,(H,16,17). The lowest BCUT2D eigenvalue weighted by Crippen LogP contribution is -1.94. The fourth-order valence-corrected chi connectivity index (χ4v) is 2.73. The lowest BCUT2D eigenvalue weighted by atomic mass is 10.2. The van der Waals surface area contributed by atoms with Gasteiger partial charge in [0.15, 0.2) is 0 Å². The van der Waals surface area contributed by atoms with Crippen molar-refractivity contribution in [3.05, 3.63) is 41.4 Å². The van der Waals surface area contributed by atoms with Crippen LogP contribution in [0.2, 0.25) is 0 Å². The molecule has 0 saturated heterocycles. The van der Waals surface area contributed by atoms with Crippen LogP contribution in [0.15, 0.2) is 36.5 Å². The van der Waals surface area contributed by atoms with Gasteiger partial charge in [0.25, 0.3) is 0 Å². The predicted octanol–water partition coefficient (Wildman–Crippen LogP) is 3.56. The smallest absolute Gasteiger partial charge is 0.143 e. The Morgan fingerprint density at radius 2 is 2.42 bits per heavy atom. The van der Waals surface area contributed by atoms with Gasteiger partial charge >= 0.3 is 0 Å². The van der Waals surface area contributed by atoms with Gasteiger partial charge in [-0.3, -0.25) is 4.98 Å². The van der Waals surface area contributed by atoms with Crippen molar-refractivity contribution in [3.63, 3.8) is 0 Å². The first-order valence-corrected chi connectivity index (χ1v) is 6.79. The number of hydrogen-bond donors (Lipinski definition) is 1. The van der Waals surface area contributed by atoms with Gasteiger partial charge in [-0.1, -0.05) is 12.7 Å². The molecule has 0 radical (unpaired) electrons. The van der Waals surface area contributed by atoms with Crippen LogP contribution < -0.4 is 4.74 Å². The van der Waals surface area contributed by atoms with Gasteiger partial charge in [0.05, 0.1) is 17.3 Å². The average Bonchev–Trinajstić information content (AvgIpc) is 2.99. The lowest BCUT2D eigenvalue weighted by molar-refractivity contribution is 0.366. The molecule has 0 saturated carbocycles. The number of fused-ring (bicyclic) bond motifs is 1. The number of pyridine rings is 1. The Labute approximate surface area is 114 Å². The number of H-pyrrole nitrogens is 1. The molecule has 0 spiro atoms. The Bertz CT molecular complexity index is 696. The van der Waals surface area contributed by atoms with Crippen LogP contribution in [0.4, 0.5) is 0 Å². The summed E-state index contributed by atoms with van der Waals surface area (Å²) in [5, 5.41) is 2.00. The molecule has 0 bridgehead atoms. The van der Waals surface area contributed by atoms with Crippen LogP contribution in [0.25, 0.3) is 22.4 Å². The number of imidazole rings is 1. The molecule has 0 aromatic carbocycles. The molecule has 5 heteroatoms. The van der Waals surface area contributed by atoms with Crippen molar-refractivity contribution in [1.82, 2.24) is 15.0 Å². The van der Waals surface area contributed by atoms with Crippen LogP contribution in [0.3, 0.4) is 0 Å². The zero-order valence-electron chi connectivity index (χ0n) is 10.5. The topological polar surface area (TPSA) is 50.8 Å². The summed E-state index contributed by atoms with van der Waals surface area (Å²) in [6, 6.07) is 1.91. The number of nitrogens with one attached hydrogen (secondary N) is 1. The summed E-state index contributed by atoms with van der Waals surface area (Å²) >= 11 is 1.65. The Morgan fingerprint density at radius 3 is 3.21 bits per heavy atom. The van der Waals surface area contributed by atoms with E-state index < -0.39 is 0 Å². The van der Waals surface area contributed by atoms with Gasteiger partial charge in [-0.05, 0) is 13.0 Å². The Kier molecular flexibility index (Phi) is 3.05. The summed E-state index contributed by atoms with van der Waals surface area (Å²) in [4.78, 5) is 13.1. The molecule has 19 heavy (non-hydrogen) atoms.